The normalized spacial score (nSPS) is 19.4. The first-order valence-electron chi connectivity index (χ1n) is 6.69. The summed E-state index contributed by atoms with van der Waals surface area (Å²) in [5.41, 5.74) is 0. The Morgan fingerprint density at radius 2 is 2.44 bits per heavy atom. The van der Waals surface area contributed by atoms with Crippen LogP contribution in [0.1, 0.15) is 37.9 Å². The van der Waals surface area contributed by atoms with Crippen LogP contribution < -0.4 is 0 Å². The standard InChI is InChI=1S/C14H20ClNO2/c15-9-1-4-12-5-2-10-16(12)14(17)8-7-13-6-3-11-18-13/h3,6,11-12H,1-2,4-5,7-10H2. The third kappa shape index (κ3) is 3.52. The molecule has 1 amide bonds. The maximum absolute atomic E-state index is 12.2. The Hall–Kier alpha value is -0.960. The molecule has 1 fully saturated rings. The van der Waals surface area contributed by atoms with Crippen LogP contribution in [-0.4, -0.2) is 29.3 Å². The molecule has 3 nitrogen and oxygen atoms in total. The number of halogens is 1. The molecule has 0 N–H and O–H groups in total. The third-order valence-corrected chi connectivity index (χ3v) is 3.80. The molecule has 1 saturated heterocycles. The van der Waals surface area contributed by atoms with Gasteiger partial charge in [0.15, 0.2) is 0 Å². The molecule has 0 spiro atoms. The molecule has 0 radical (unpaired) electrons. The number of carbonyl (C=O) groups excluding carboxylic acids is 1. The van der Waals surface area contributed by atoms with Crippen LogP contribution in [0.2, 0.25) is 0 Å². The van der Waals surface area contributed by atoms with Gasteiger partial charge in [-0.15, -0.1) is 11.6 Å². The van der Waals surface area contributed by atoms with Crippen LogP contribution in [-0.2, 0) is 11.2 Å². The molecule has 100 valence electrons. The van der Waals surface area contributed by atoms with Gasteiger partial charge in [0.1, 0.15) is 5.76 Å². The first-order valence-corrected chi connectivity index (χ1v) is 7.22. The summed E-state index contributed by atoms with van der Waals surface area (Å²) in [6.07, 6.45) is 7.18. The van der Waals surface area contributed by atoms with Gasteiger partial charge in [0, 0.05) is 31.3 Å². The quantitative estimate of drug-likeness (QED) is 0.743. The highest BCUT2D eigenvalue weighted by Gasteiger charge is 2.27. The van der Waals surface area contributed by atoms with Gasteiger partial charge in [0.25, 0.3) is 0 Å². The van der Waals surface area contributed by atoms with Crippen molar-refractivity contribution in [1.29, 1.82) is 0 Å². The van der Waals surface area contributed by atoms with Crippen molar-refractivity contribution < 1.29 is 9.21 Å². The molecule has 0 saturated carbocycles. The van der Waals surface area contributed by atoms with Crippen molar-refractivity contribution in [1.82, 2.24) is 4.90 Å². The monoisotopic (exact) mass is 269 g/mol. The second-order valence-electron chi connectivity index (χ2n) is 4.79. The van der Waals surface area contributed by atoms with Crippen LogP contribution in [0.3, 0.4) is 0 Å². The fourth-order valence-corrected chi connectivity index (χ4v) is 2.76. The molecule has 18 heavy (non-hydrogen) atoms. The average molecular weight is 270 g/mol. The summed E-state index contributed by atoms with van der Waals surface area (Å²) >= 11 is 5.72. The lowest BCUT2D eigenvalue weighted by molar-refractivity contribution is -0.132. The Kier molecular flexibility index (Phi) is 5.12. The molecular weight excluding hydrogens is 250 g/mol. The Morgan fingerprint density at radius 3 is 3.17 bits per heavy atom. The van der Waals surface area contributed by atoms with Gasteiger partial charge in [-0.3, -0.25) is 4.79 Å². The topological polar surface area (TPSA) is 33.5 Å². The van der Waals surface area contributed by atoms with E-state index in [1.807, 2.05) is 17.0 Å². The molecule has 0 aromatic carbocycles. The Bertz CT molecular complexity index is 364. The smallest absolute Gasteiger partial charge is 0.223 e. The van der Waals surface area contributed by atoms with Gasteiger partial charge in [-0.05, 0) is 37.8 Å². The molecule has 4 heteroatoms. The number of hydrogen-bond acceptors (Lipinski definition) is 2. The number of furan rings is 1. The van der Waals surface area contributed by atoms with Crippen LogP contribution in [0.25, 0.3) is 0 Å². The minimum absolute atomic E-state index is 0.253. The maximum Gasteiger partial charge on any atom is 0.223 e. The second kappa shape index (κ2) is 6.83. The highest BCUT2D eigenvalue weighted by molar-refractivity contribution is 6.17. The van der Waals surface area contributed by atoms with E-state index in [9.17, 15) is 4.79 Å². The van der Waals surface area contributed by atoms with Crippen molar-refractivity contribution in [3.8, 4) is 0 Å². The van der Waals surface area contributed by atoms with Gasteiger partial charge in [0.2, 0.25) is 5.91 Å². The highest BCUT2D eigenvalue weighted by Crippen LogP contribution is 2.22. The van der Waals surface area contributed by atoms with Gasteiger partial charge in [-0.1, -0.05) is 0 Å². The Labute approximate surface area is 113 Å². The maximum atomic E-state index is 12.2. The van der Waals surface area contributed by atoms with Gasteiger partial charge in [-0.2, -0.15) is 0 Å². The Morgan fingerprint density at radius 1 is 1.56 bits per heavy atom. The molecule has 1 aliphatic heterocycles. The van der Waals surface area contributed by atoms with Gasteiger partial charge < -0.3 is 9.32 Å². The first kappa shape index (κ1) is 13.5. The highest BCUT2D eigenvalue weighted by atomic mass is 35.5. The lowest BCUT2D eigenvalue weighted by Crippen LogP contribution is -2.35. The Balaban J connectivity index is 1.80. The minimum atomic E-state index is 0.253. The van der Waals surface area contributed by atoms with Crippen molar-refractivity contribution in [2.75, 3.05) is 12.4 Å². The molecule has 0 aliphatic carbocycles. The lowest BCUT2D eigenvalue weighted by Gasteiger charge is -2.24. The molecule has 1 atom stereocenters. The van der Waals surface area contributed by atoms with Gasteiger partial charge >= 0.3 is 0 Å². The summed E-state index contributed by atoms with van der Waals surface area (Å²) in [6, 6.07) is 4.19. The average Bonchev–Trinajstić information content (AvgIpc) is 3.04. The zero-order chi connectivity index (χ0) is 12.8. The lowest BCUT2D eigenvalue weighted by atomic mass is 10.1. The van der Waals surface area contributed by atoms with Gasteiger partial charge in [0.05, 0.1) is 6.26 Å². The number of aryl methyl sites for hydroxylation is 1. The molecule has 2 rings (SSSR count). The van der Waals surface area contributed by atoms with E-state index in [0.717, 1.165) is 38.0 Å². The second-order valence-corrected chi connectivity index (χ2v) is 5.17. The zero-order valence-corrected chi connectivity index (χ0v) is 11.4. The number of amides is 1. The van der Waals surface area contributed by atoms with Crippen LogP contribution in [0.5, 0.6) is 0 Å². The van der Waals surface area contributed by atoms with E-state index < -0.39 is 0 Å². The summed E-state index contributed by atoms with van der Waals surface area (Å²) in [5.74, 6) is 1.83. The minimum Gasteiger partial charge on any atom is -0.469 e. The number of alkyl halides is 1. The molecular formula is C14H20ClNO2. The van der Waals surface area contributed by atoms with E-state index in [1.165, 1.54) is 0 Å². The fraction of sp³-hybridized carbons (Fsp3) is 0.643. The van der Waals surface area contributed by atoms with Crippen LogP contribution >= 0.6 is 11.6 Å². The molecule has 0 bridgehead atoms. The van der Waals surface area contributed by atoms with Crippen molar-refractivity contribution in [2.24, 2.45) is 0 Å². The molecule has 1 aromatic heterocycles. The largest absolute Gasteiger partial charge is 0.469 e. The number of hydrogen-bond donors (Lipinski definition) is 0. The molecule has 1 unspecified atom stereocenters. The van der Waals surface area contributed by atoms with E-state index in [2.05, 4.69) is 0 Å². The van der Waals surface area contributed by atoms with Crippen LogP contribution in [0.15, 0.2) is 22.8 Å². The SMILES string of the molecule is O=C(CCc1ccco1)N1CCCC1CCCCl. The van der Waals surface area contributed by atoms with E-state index in [1.54, 1.807) is 6.26 Å². The van der Waals surface area contributed by atoms with Gasteiger partial charge in [-0.25, -0.2) is 0 Å². The molecule has 1 aliphatic rings. The van der Waals surface area contributed by atoms with Crippen molar-refractivity contribution >= 4 is 17.5 Å². The fourth-order valence-electron chi connectivity index (χ4n) is 2.61. The zero-order valence-electron chi connectivity index (χ0n) is 10.6. The number of carbonyl (C=O) groups is 1. The molecule has 1 aromatic rings. The van der Waals surface area contributed by atoms with Crippen molar-refractivity contribution in [3.05, 3.63) is 24.2 Å². The predicted octanol–water partition coefficient (Wildman–Crippen LogP) is 3.22. The summed E-state index contributed by atoms with van der Waals surface area (Å²) in [5, 5.41) is 0. The van der Waals surface area contributed by atoms with Crippen molar-refractivity contribution in [3.63, 3.8) is 0 Å². The van der Waals surface area contributed by atoms with Crippen molar-refractivity contribution in [2.45, 2.75) is 44.6 Å². The van der Waals surface area contributed by atoms with E-state index >= 15 is 0 Å². The first-order chi connectivity index (χ1) is 8.81. The summed E-state index contributed by atoms with van der Waals surface area (Å²) in [6.45, 7) is 0.907. The number of nitrogens with zero attached hydrogens (tertiary/aromatic N) is 1. The van der Waals surface area contributed by atoms with E-state index in [-0.39, 0.29) is 5.91 Å². The van der Waals surface area contributed by atoms with Crippen LogP contribution in [0, 0.1) is 0 Å². The van der Waals surface area contributed by atoms with E-state index in [0.29, 0.717) is 24.8 Å². The third-order valence-electron chi connectivity index (χ3n) is 3.53. The molecule has 2 heterocycles. The van der Waals surface area contributed by atoms with E-state index in [4.69, 9.17) is 16.0 Å². The predicted molar refractivity (Wildman–Crippen MR) is 71.7 cm³/mol. The summed E-state index contributed by atoms with van der Waals surface area (Å²) < 4.78 is 5.25. The summed E-state index contributed by atoms with van der Waals surface area (Å²) in [7, 11) is 0. The number of likely N-dealkylation sites (tertiary alicyclic amines) is 1. The summed E-state index contributed by atoms with van der Waals surface area (Å²) in [4.78, 5) is 14.2. The number of rotatable bonds is 6. The van der Waals surface area contributed by atoms with Crippen LogP contribution in [0.4, 0.5) is 0 Å².